The fraction of sp³-hybridized carbons (Fsp3) is 0.364. The summed E-state index contributed by atoms with van der Waals surface area (Å²) in [5, 5.41) is -0.511. The summed E-state index contributed by atoms with van der Waals surface area (Å²) in [7, 11) is -2.07. The van der Waals surface area contributed by atoms with Crippen LogP contribution in [0.3, 0.4) is 0 Å². The summed E-state index contributed by atoms with van der Waals surface area (Å²) in [6.45, 7) is 3.18. The number of nitrogens with one attached hydrogen (secondary N) is 1. The molecule has 0 aromatic heterocycles. The molecule has 0 aliphatic rings. The lowest BCUT2D eigenvalue weighted by atomic mass is 10.2. The van der Waals surface area contributed by atoms with Crippen molar-refractivity contribution in [1.29, 1.82) is 0 Å². The van der Waals surface area contributed by atoms with Crippen LogP contribution in [0.1, 0.15) is 24.2 Å². The first kappa shape index (κ1) is 13.5. The predicted molar refractivity (Wildman–Crippen MR) is 65.5 cm³/mol. The Kier molecular flexibility index (Phi) is 4.11. The molecule has 1 aromatic rings. The highest BCUT2D eigenvalue weighted by Crippen LogP contribution is 2.13. The molecule has 1 rings (SSSR count). The molecule has 0 spiro atoms. The third-order valence-corrected chi connectivity index (χ3v) is 3.95. The van der Waals surface area contributed by atoms with Crippen LogP contribution in [0.15, 0.2) is 24.3 Å². The highest BCUT2D eigenvalue weighted by molar-refractivity contribution is 7.93. The van der Waals surface area contributed by atoms with Gasteiger partial charge in [0.1, 0.15) is 0 Å². The molecule has 0 bridgehead atoms. The summed E-state index contributed by atoms with van der Waals surface area (Å²) >= 11 is 0. The maximum absolute atomic E-state index is 11.6. The van der Waals surface area contributed by atoms with Crippen LogP contribution in [-0.2, 0) is 14.8 Å². The van der Waals surface area contributed by atoms with Crippen molar-refractivity contribution >= 4 is 21.7 Å². The number of methoxy groups -OCH3 is 1. The lowest BCUT2D eigenvalue weighted by Gasteiger charge is -2.10. The van der Waals surface area contributed by atoms with Gasteiger partial charge in [0.25, 0.3) is 0 Å². The first-order valence-corrected chi connectivity index (χ1v) is 6.61. The van der Waals surface area contributed by atoms with E-state index in [0.717, 1.165) is 0 Å². The smallest absolute Gasteiger partial charge is 0.337 e. The zero-order chi connectivity index (χ0) is 13.1. The number of hydrogen-bond acceptors (Lipinski definition) is 4. The van der Waals surface area contributed by atoms with E-state index in [0.29, 0.717) is 11.3 Å². The highest BCUT2D eigenvalue weighted by atomic mass is 32.2. The molecule has 0 atom stereocenters. The van der Waals surface area contributed by atoms with Crippen molar-refractivity contribution in [2.75, 3.05) is 11.8 Å². The predicted octanol–water partition coefficient (Wildman–Crippen LogP) is 1.62. The molecule has 0 amide bonds. The Hall–Kier alpha value is -1.56. The second kappa shape index (κ2) is 5.18. The van der Waals surface area contributed by atoms with Gasteiger partial charge in [-0.2, -0.15) is 0 Å². The molecule has 17 heavy (non-hydrogen) atoms. The first-order valence-electron chi connectivity index (χ1n) is 5.07. The number of esters is 1. The van der Waals surface area contributed by atoms with Crippen LogP contribution in [0, 0.1) is 0 Å². The Balaban J connectivity index is 2.86. The van der Waals surface area contributed by atoms with Crippen LogP contribution in [0.2, 0.25) is 0 Å². The van der Waals surface area contributed by atoms with E-state index < -0.39 is 21.2 Å². The Labute approximate surface area is 101 Å². The molecule has 0 radical (unpaired) electrons. The van der Waals surface area contributed by atoms with Crippen LogP contribution in [0.5, 0.6) is 0 Å². The fourth-order valence-electron chi connectivity index (χ4n) is 1.07. The number of sulfonamides is 1. The van der Waals surface area contributed by atoms with Gasteiger partial charge < -0.3 is 4.74 Å². The van der Waals surface area contributed by atoms with Gasteiger partial charge in [-0.15, -0.1) is 0 Å². The molecule has 0 unspecified atom stereocenters. The molecule has 0 fully saturated rings. The Morgan fingerprint density at radius 2 is 1.76 bits per heavy atom. The Morgan fingerprint density at radius 3 is 2.18 bits per heavy atom. The molecule has 1 aromatic carbocycles. The topological polar surface area (TPSA) is 72.5 Å². The van der Waals surface area contributed by atoms with Crippen molar-refractivity contribution < 1.29 is 17.9 Å². The van der Waals surface area contributed by atoms with Crippen molar-refractivity contribution in [3.8, 4) is 0 Å². The standard InChI is InChI=1S/C11H15NO4S/c1-8(2)17(14,15)12-10-6-4-9(5-7-10)11(13)16-3/h4-8,12H,1-3H3. The summed E-state index contributed by atoms with van der Waals surface area (Å²) in [5.41, 5.74) is 0.798. The molecular formula is C11H15NO4S. The van der Waals surface area contributed by atoms with Crippen molar-refractivity contribution in [2.24, 2.45) is 0 Å². The summed E-state index contributed by atoms with van der Waals surface area (Å²) in [6.07, 6.45) is 0. The van der Waals surface area contributed by atoms with E-state index >= 15 is 0 Å². The lowest BCUT2D eigenvalue weighted by molar-refractivity contribution is 0.0601. The monoisotopic (exact) mass is 257 g/mol. The molecule has 1 N–H and O–H groups in total. The van der Waals surface area contributed by atoms with Gasteiger partial charge in [0.05, 0.1) is 17.9 Å². The molecule has 0 saturated carbocycles. The van der Waals surface area contributed by atoms with E-state index in [-0.39, 0.29) is 0 Å². The number of carbonyl (C=O) groups excluding carboxylic acids is 1. The van der Waals surface area contributed by atoms with Gasteiger partial charge in [0.15, 0.2) is 0 Å². The van der Waals surface area contributed by atoms with E-state index in [1.165, 1.54) is 31.4 Å². The van der Waals surface area contributed by atoms with Crippen LogP contribution < -0.4 is 4.72 Å². The molecule has 6 heteroatoms. The SMILES string of the molecule is COC(=O)c1ccc(NS(=O)(=O)C(C)C)cc1. The van der Waals surface area contributed by atoms with E-state index in [2.05, 4.69) is 9.46 Å². The summed E-state index contributed by atoms with van der Waals surface area (Å²) < 4.78 is 30.1. The Bertz CT molecular complexity index is 491. The molecule has 94 valence electrons. The first-order chi connectivity index (χ1) is 7.86. The van der Waals surface area contributed by atoms with Gasteiger partial charge in [-0.1, -0.05) is 0 Å². The molecule has 0 saturated heterocycles. The third-order valence-electron chi connectivity index (χ3n) is 2.19. The Morgan fingerprint density at radius 1 is 1.24 bits per heavy atom. The van der Waals surface area contributed by atoms with Gasteiger partial charge in [-0.25, -0.2) is 13.2 Å². The van der Waals surface area contributed by atoms with Gasteiger partial charge in [0, 0.05) is 5.69 Å². The molecule has 0 heterocycles. The van der Waals surface area contributed by atoms with Crippen molar-refractivity contribution in [2.45, 2.75) is 19.1 Å². The maximum atomic E-state index is 11.6. The van der Waals surface area contributed by atoms with Gasteiger partial charge in [0.2, 0.25) is 10.0 Å². The number of carbonyl (C=O) groups is 1. The fourth-order valence-corrected chi connectivity index (χ4v) is 1.77. The molecular weight excluding hydrogens is 242 g/mol. The zero-order valence-corrected chi connectivity index (χ0v) is 10.7. The third kappa shape index (κ3) is 3.45. The summed E-state index contributed by atoms with van der Waals surface area (Å²) in [5.74, 6) is -0.455. The van der Waals surface area contributed by atoms with E-state index in [4.69, 9.17) is 0 Å². The normalized spacial score (nSPS) is 11.3. The zero-order valence-electron chi connectivity index (χ0n) is 9.93. The molecule has 5 nitrogen and oxygen atoms in total. The minimum atomic E-state index is -3.36. The second-order valence-electron chi connectivity index (χ2n) is 3.76. The summed E-state index contributed by atoms with van der Waals surface area (Å²) in [6, 6.07) is 6.05. The molecule has 0 aliphatic heterocycles. The minimum absolute atomic E-state index is 0.375. The average molecular weight is 257 g/mol. The maximum Gasteiger partial charge on any atom is 0.337 e. The van der Waals surface area contributed by atoms with Crippen molar-refractivity contribution in [3.63, 3.8) is 0 Å². The van der Waals surface area contributed by atoms with Crippen molar-refractivity contribution in [3.05, 3.63) is 29.8 Å². The number of ether oxygens (including phenoxy) is 1. The average Bonchev–Trinajstić information content (AvgIpc) is 2.28. The molecule has 0 aliphatic carbocycles. The minimum Gasteiger partial charge on any atom is -0.465 e. The largest absolute Gasteiger partial charge is 0.465 e. The number of benzene rings is 1. The lowest BCUT2D eigenvalue weighted by Crippen LogP contribution is -2.22. The van der Waals surface area contributed by atoms with Gasteiger partial charge in [-0.05, 0) is 38.1 Å². The summed E-state index contributed by atoms with van der Waals surface area (Å²) in [4.78, 5) is 11.2. The highest BCUT2D eigenvalue weighted by Gasteiger charge is 2.15. The van der Waals surface area contributed by atoms with Crippen molar-refractivity contribution in [1.82, 2.24) is 0 Å². The quantitative estimate of drug-likeness (QED) is 0.832. The van der Waals surface area contributed by atoms with Crippen LogP contribution >= 0.6 is 0 Å². The van der Waals surface area contributed by atoms with E-state index in [9.17, 15) is 13.2 Å². The van der Waals surface area contributed by atoms with Crippen LogP contribution in [0.4, 0.5) is 5.69 Å². The van der Waals surface area contributed by atoms with Crippen LogP contribution in [0.25, 0.3) is 0 Å². The van der Waals surface area contributed by atoms with E-state index in [1.54, 1.807) is 13.8 Å². The van der Waals surface area contributed by atoms with Gasteiger partial charge >= 0.3 is 5.97 Å². The number of anilines is 1. The number of hydrogen-bond donors (Lipinski definition) is 1. The van der Waals surface area contributed by atoms with Gasteiger partial charge in [-0.3, -0.25) is 4.72 Å². The van der Waals surface area contributed by atoms with E-state index in [1.807, 2.05) is 0 Å². The second-order valence-corrected chi connectivity index (χ2v) is 6.00. The number of rotatable bonds is 4. The van der Waals surface area contributed by atoms with Crippen LogP contribution in [-0.4, -0.2) is 26.7 Å².